The molecule has 0 aromatic carbocycles. The maximum absolute atomic E-state index is 10.7. The first-order valence-corrected chi connectivity index (χ1v) is 3.33. The van der Waals surface area contributed by atoms with E-state index >= 15 is 0 Å². The maximum Gasteiger partial charge on any atom is 0.308 e. The topological polar surface area (TPSA) is 44.8 Å². The first kappa shape index (κ1) is 10.4. The number of ether oxygens (including phenoxy) is 3. The molecule has 0 rings (SSSR count). The van der Waals surface area contributed by atoms with Crippen LogP contribution in [0.1, 0.15) is 6.42 Å². The van der Waals surface area contributed by atoms with Crippen molar-refractivity contribution in [2.45, 2.75) is 12.5 Å². The Bertz CT molecular complexity index is 113. The normalized spacial score (nSPS) is 12.6. The molecule has 0 amide bonds. The van der Waals surface area contributed by atoms with E-state index in [0.717, 1.165) is 0 Å². The van der Waals surface area contributed by atoms with Crippen molar-refractivity contribution in [2.24, 2.45) is 0 Å². The second-order valence-electron chi connectivity index (χ2n) is 2.09. The van der Waals surface area contributed by atoms with E-state index < -0.39 is 0 Å². The van der Waals surface area contributed by atoms with Gasteiger partial charge in [0.25, 0.3) is 0 Å². The average Bonchev–Trinajstić information content (AvgIpc) is 2.03. The summed E-state index contributed by atoms with van der Waals surface area (Å²) in [7, 11) is 4.44. The Kier molecular flexibility index (Phi) is 5.78. The molecule has 0 spiro atoms. The zero-order valence-corrected chi connectivity index (χ0v) is 7.12. The van der Waals surface area contributed by atoms with Gasteiger partial charge in [0.15, 0.2) is 0 Å². The lowest BCUT2D eigenvalue weighted by molar-refractivity contribution is -0.144. The van der Waals surface area contributed by atoms with Gasteiger partial charge in [-0.2, -0.15) is 0 Å². The molecule has 0 aliphatic rings. The maximum atomic E-state index is 10.7. The van der Waals surface area contributed by atoms with Crippen LogP contribution in [0, 0.1) is 0 Å². The van der Waals surface area contributed by atoms with Crippen molar-refractivity contribution < 1.29 is 19.0 Å². The summed E-state index contributed by atoms with van der Waals surface area (Å²) >= 11 is 0. The first-order chi connectivity index (χ1) is 5.24. The van der Waals surface area contributed by atoms with E-state index in [2.05, 4.69) is 4.74 Å². The SMILES string of the molecule is COCC(CC(=O)OC)OC. The molecule has 0 saturated carbocycles. The minimum atomic E-state index is -0.283. The van der Waals surface area contributed by atoms with Gasteiger partial charge in [0.1, 0.15) is 0 Å². The van der Waals surface area contributed by atoms with Crippen LogP contribution in [0.25, 0.3) is 0 Å². The van der Waals surface area contributed by atoms with Gasteiger partial charge in [0.05, 0.1) is 26.2 Å². The van der Waals surface area contributed by atoms with E-state index in [9.17, 15) is 4.79 Å². The number of hydrogen-bond donors (Lipinski definition) is 0. The monoisotopic (exact) mass is 162 g/mol. The van der Waals surface area contributed by atoms with E-state index in [4.69, 9.17) is 9.47 Å². The molecular formula is C7H14O4. The Morgan fingerprint density at radius 2 is 2.00 bits per heavy atom. The lowest BCUT2D eigenvalue weighted by Crippen LogP contribution is -2.21. The molecule has 0 aliphatic heterocycles. The summed E-state index contributed by atoms with van der Waals surface area (Å²) in [6, 6.07) is 0. The summed E-state index contributed by atoms with van der Waals surface area (Å²) in [5, 5.41) is 0. The van der Waals surface area contributed by atoms with E-state index in [-0.39, 0.29) is 18.5 Å². The second-order valence-corrected chi connectivity index (χ2v) is 2.09. The van der Waals surface area contributed by atoms with Crippen molar-refractivity contribution >= 4 is 5.97 Å². The summed E-state index contributed by atoms with van der Waals surface area (Å²) in [4.78, 5) is 10.7. The fourth-order valence-corrected chi connectivity index (χ4v) is 0.665. The lowest BCUT2D eigenvalue weighted by atomic mass is 10.3. The predicted molar refractivity (Wildman–Crippen MR) is 39.3 cm³/mol. The third kappa shape index (κ3) is 4.75. The van der Waals surface area contributed by atoms with E-state index in [1.165, 1.54) is 14.2 Å². The summed E-state index contributed by atoms with van der Waals surface area (Å²) in [6.07, 6.45) is 0.0355. The molecular weight excluding hydrogens is 148 g/mol. The van der Waals surface area contributed by atoms with E-state index in [1.807, 2.05) is 0 Å². The van der Waals surface area contributed by atoms with Crippen LogP contribution >= 0.6 is 0 Å². The second kappa shape index (κ2) is 6.12. The zero-order chi connectivity index (χ0) is 8.69. The predicted octanol–water partition coefficient (Wildman–Crippen LogP) is 0.211. The van der Waals surface area contributed by atoms with Gasteiger partial charge in [-0.1, -0.05) is 0 Å². The Hall–Kier alpha value is -0.610. The van der Waals surface area contributed by atoms with Gasteiger partial charge in [-0.05, 0) is 0 Å². The molecule has 0 bridgehead atoms. The number of rotatable bonds is 5. The molecule has 0 aliphatic carbocycles. The molecule has 1 unspecified atom stereocenters. The number of hydrogen-bond acceptors (Lipinski definition) is 4. The number of carbonyl (C=O) groups excluding carboxylic acids is 1. The minimum absolute atomic E-state index is 0.201. The largest absolute Gasteiger partial charge is 0.469 e. The van der Waals surface area contributed by atoms with Crippen molar-refractivity contribution in [2.75, 3.05) is 27.9 Å². The third-order valence-corrected chi connectivity index (χ3v) is 1.31. The van der Waals surface area contributed by atoms with Crippen LogP contribution in [0.3, 0.4) is 0 Å². The smallest absolute Gasteiger partial charge is 0.308 e. The van der Waals surface area contributed by atoms with Gasteiger partial charge >= 0.3 is 5.97 Å². The van der Waals surface area contributed by atoms with Crippen LogP contribution in [0.2, 0.25) is 0 Å². The Labute approximate surface area is 66.4 Å². The Balaban J connectivity index is 3.58. The standard InChI is InChI=1S/C7H14O4/c1-9-5-6(10-2)4-7(8)11-3/h6H,4-5H2,1-3H3. The zero-order valence-electron chi connectivity index (χ0n) is 7.12. The summed E-state index contributed by atoms with van der Waals surface area (Å²) in [5.41, 5.74) is 0. The Morgan fingerprint density at radius 3 is 2.36 bits per heavy atom. The fraction of sp³-hybridized carbons (Fsp3) is 0.857. The molecule has 0 N–H and O–H groups in total. The van der Waals surface area contributed by atoms with Gasteiger partial charge in [0, 0.05) is 14.2 Å². The fourth-order valence-electron chi connectivity index (χ4n) is 0.665. The average molecular weight is 162 g/mol. The lowest BCUT2D eigenvalue weighted by Gasteiger charge is -2.11. The highest BCUT2D eigenvalue weighted by Crippen LogP contribution is 1.98. The molecule has 4 heteroatoms. The molecule has 0 radical (unpaired) electrons. The number of esters is 1. The van der Waals surface area contributed by atoms with Crippen LogP contribution in [0.4, 0.5) is 0 Å². The molecule has 0 aromatic heterocycles. The van der Waals surface area contributed by atoms with Gasteiger partial charge in [-0.25, -0.2) is 0 Å². The van der Waals surface area contributed by atoms with E-state index in [0.29, 0.717) is 6.61 Å². The molecule has 0 heterocycles. The molecule has 11 heavy (non-hydrogen) atoms. The van der Waals surface area contributed by atoms with Crippen molar-refractivity contribution in [1.82, 2.24) is 0 Å². The molecule has 0 saturated heterocycles. The molecule has 4 nitrogen and oxygen atoms in total. The van der Waals surface area contributed by atoms with Crippen LogP contribution in [-0.4, -0.2) is 40.0 Å². The summed E-state index contributed by atoms with van der Waals surface area (Å²) < 4.78 is 14.2. The highest BCUT2D eigenvalue weighted by Gasteiger charge is 2.12. The first-order valence-electron chi connectivity index (χ1n) is 3.33. The molecule has 1 atom stereocenters. The van der Waals surface area contributed by atoms with Crippen molar-refractivity contribution in [1.29, 1.82) is 0 Å². The Morgan fingerprint density at radius 1 is 1.36 bits per heavy atom. The van der Waals surface area contributed by atoms with Gasteiger partial charge < -0.3 is 14.2 Å². The highest BCUT2D eigenvalue weighted by molar-refractivity contribution is 5.69. The van der Waals surface area contributed by atoms with Crippen molar-refractivity contribution in [3.63, 3.8) is 0 Å². The van der Waals surface area contributed by atoms with Crippen LogP contribution in [-0.2, 0) is 19.0 Å². The van der Waals surface area contributed by atoms with Crippen LogP contribution < -0.4 is 0 Å². The number of carbonyl (C=O) groups is 1. The number of methoxy groups -OCH3 is 3. The summed E-state index contributed by atoms with van der Waals surface area (Å²) in [5.74, 6) is -0.283. The van der Waals surface area contributed by atoms with Gasteiger partial charge in [-0.15, -0.1) is 0 Å². The molecule has 66 valence electrons. The quantitative estimate of drug-likeness (QED) is 0.542. The van der Waals surface area contributed by atoms with E-state index in [1.54, 1.807) is 7.11 Å². The molecule has 0 aromatic rings. The summed E-state index contributed by atoms with van der Waals surface area (Å²) in [6.45, 7) is 0.408. The molecule has 0 fully saturated rings. The van der Waals surface area contributed by atoms with Crippen LogP contribution in [0.5, 0.6) is 0 Å². The van der Waals surface area contributed by atoms with Gasteiger partial charge in [-0.3, -0.25) is 4.79 Å². The van der Waals surface area contributed by atoms with Crippen molar-refractivity contribution in [3.05, 3.63) is 0 Å². The highest BCUT2D eigenvalue weighted by atomic mass is 16.5. The third-order valence-electron chi connectivity index (χ3n) is 1.31. The van der Waals surface area contributed by atoms with Crippen LogP contribution in [0.15, 0.2) is 0 Å². The van der Waals surface area contributed by atoms with Gasteiger partial charge in [0.2, 0.25) is 0 Å². The minimum Gasteiger partial charge on any atom is -0.469 e. The van der Waals surface area contributed by atoms with Crippen molar-refractivity contribution in [3.8, 4) is 0 Å².